The lowest BCUT2D eigenvalue weighted by Gasteiger charge is -2.31. The second kappa shape index (κ2) is 3.08. The Labute approximate surface area is 90.7 Å². The van der Waals surface area contributed by atoms with Crippen LogP contribution >= 0.6 is 0 Å². The summed E-state index contributed by atoms with van der Waals surface area (Å²) in [6.45, 7) is 0.806. The van der Waals surface area contributed by atoms with E-state index in [1.165, 1.54) is 36.9 Å². The van der Waals surface area contributed by atoms with Gasteiger partial charge in [0, 0.05) is 13.2 Å². The molecular formula is C12H19N3. The molecule has 3 nitrogen and oxygen atoms in total. The highest BCUT2D eigenvalue weighted by Crippen LogP contribution is 2.62. The van der Waals surface area contributed by atoms with Gasteiger partial charge >= 0.3 is 0 Å². The van der Waals surface area contributed by atoms with Crippen molar-refractivity contribution in [2.45, 2.75) is 38.0 Å². The van der Waals surface area contributed by atoms with Crippen LogP contribution in [0.4, 0.5) is 0 Å². The van der Waals surface area contributed by atoms with Crippen LogP contribution in [-0.4, -0.2) is 16.3 Å². The molecule has 15 heavy (non-hydrogen) atoms. The molecule has 2 aliphatic rings. The van der Waals surface area contributed by atoms with E-state index in [2.05, 4.69) is 11.3 Å². The first-order valence-electron chi connectivity index (χ1n) is 5.98. The minimum absolute atomic E-state index is 0.620. The maximum atomic E-state index is 5.74. The normalized spacial score (nSPS) is 26.7. The molecule has 2 N–H and O–H groups in total. The van der Waals surface area contributed by atoms with Crippen molar-refractivity contribution >= 4 is 0 Å². The second-order valence-electron chi connectivity index (χ2n) is 5.20. The van der Waals surface area contributed by atoms with E-state index in [1.807, 2.05) is 11.7 Å². The predicted molar refractivity (Wildman–Crippen MR) is 59.6 cm³/mol. The standard InChI is InChI=1S/C12H19N3/c1-15-8-9-10(3-7-13)12(5-6-12)4-2-11(9)14-15/h8,10H,2-7,13H2,1H3. The molecule has 3 heteroatoms. The summed E-state index contributed by atoms with van der Waals surface area (Å²) in [5.74, 6) is 0.694. The molecule has 2 aliphatic carbocycles. The highest BCUT2D eigenvalue weighted by atomic mass is 15.3. The Balaban J connectivity index is 1.99. The lowest BCUT2D eigenvalue weighted by atomic mass is 9.73. The molecule has 0 aromatic carbocycles. The molecule has 1 aromatic rings. The first kappa shape index (κ1) is 9.40. The molecule has 0 radical (unpaired) electrons. The molecule has 82 valence electrons. The average molecular weight is 205 g/mol. The van der Waals surface area contributed by atoms with E-state index in [1.54, 1.807) is 0 Å². The number of hydrogen-bond acceptors (Lipinski definition) is 2. The molecule has 1 fully saturated rings. The zero-order chi connectivity index (χ0) is 10.5. The van der Waals surface area contributed by atoms with Crippen molar-refractivity contribution in [3.8, 4) is 0 Å². The van der Waals surface area contributed by atoms with E-state index in [4.69, 9.17) is 5.73 Å². The summed E-state index contributed by atoms with van der Waals surface area (Å²) < 4.78 is 1.97. The number of nitrogens with zero attached hydrogens (tertiary/aromatic N) is 2. The lowest BCUT2D eigenvalue weighted by molar-refractivity contribution is 0.332. The first-order valence-corrected chi connectivity index (χ1v) is 5.98. The number of rotatable bonds is 2. The van der Waals surface area contributed by atoms with E-state index < -0.39 is 0 Å². The highest BCUT2D eigenvalue weighted by Gasteiger charge is 2.51. The molecular weight excluding hydrogens is 186 g/mol. The summed E-state index contributed by atoms with van der Waals surface area (Å²) in [6, 6.07) is 0. The molecule has 1 aromatic heterocycles. The van der Waals surface area contributed by atoms with Gasteiger partial charge in [0.25, 0.3) is 0 Å². The van der Waals surface area contributed by atoms with E-state index in [0.717, 1.165) is 13.0 Å². The summed E-state index contributed by atoms with van der Waals surface area (Å²) in [5.41, 5.74) is 9.19. The monoisotopic (exact) mass is 205 g/mol. The fourth-order valence-corrected chi connectivity index (χ4v) is 3.30. The van der Waals surface area contributed by atoms with Crippen molar-refractivity contribution in [2.75, 3.05) is 6.54 Å². The average Bonchev–Trinajstić information content (AvgIpc) is 2.88. The number of aryl methyl sites for hydroxylation is 2. The molecule has 3 rings (SSSR count). The van der Waals surface area contributed by atoms with Gasteiger partial charge < -0.3 is 5.73 Å². The van der Waals surface area contributed by atoms with E-state index in [0.29, 0.717) is 11.3 Å². The van der Waals surface area contributed by atoms with Crippen molar-refractivity contribution < 1.29 is 0 Å². The van der Waals surface area contributed by atoms with Gasteiger partial charge in [-0.3, -0.25) is 4.68 Å². The molecule has 0 amide bonds. The minimum Gasteiger partial charge on any atom is -0.330 e. The van der Waals surface area contributed by atoms with Crippen molar-refractivity contribution in [2.24, 2.45) is 18.2 Å². The van der Waals surface area contributed by atoms with Crippen LogP contribution in [0.1, 0.15) is 42.9 Å². The van der Waals surface area contributed by atoms with Gasteiger partial charge in [-0.2, -0.15) is 5.10 Å². The van der Waals surface area contributed by atoms with Crippen molar-refractivity contribution in [1.82, 2.24) is 9.78 Å². The fraction of sp³-hybridized carbons (Fsp3) is 0.750. The number of nitrogens with two attached hydrogens (primary N) is 1. The molecule has 1 saturated carbocycles. The first-order chi connectivity index (χ1) is 7.25. The third kappa shape index (κ3) is 1.33. The Morgan fingerprint density at radius 2 is 2.33 bits per heavy atom. The van der Waals surface area contributed by atoms with Crippen molar-refractivity contribution in [3.63, 3.8) is 0 Å². The van der Waals surface area contributed by atoms with Gasteiger partial charge in [0.2, 0.25) is 0 Å². The van der Waals surface area contributed by atoms with Gasteiger partial charge in [-0.1, -0.05) is 0 Å². The van der Waals surface area contributed by atoms with Crippen LogP contribution in [0.25, 0.3) is 0 Å². The number of hydrogen-bond donors (Lipinski definition) is 1. The third-order valence-corrected chi connectivity index (χ3v) is 4.26. The molecule has 1 unspecified atom stereocenters. The molecule has 1 heterocycles. The quantitative estimate of drug-likeness (QED) is 0.796. The maximum Gasteiger partial charge on any atom is 0.0659 e. The van der Waals surface area contributed by atoms with Crippen LogP contribution in [0.5, 0.6) is 0 Å². The van der Waals surface area contributed by atoms with Crippen LogP contribution in [0.3, 0.4) is 0 Å². The minimum atomic E-state index is 0.620. The topological polar surface area (TPSA) is 43.8 Å². The lowest BCUT2D eigenvalue weighted by Crippen LogP contribution is -2.23. The number of fused-ring (bicyclic) bond motifs is 1. The zero-order valence-corrected chi connectivity index (χ0v) is 9.37. The highest BCUT2D eigenvalue weighted by molar-refractivity contribution is 5.31. The summed E-state index contributed by atoms with van der Waals surface area (Å²) in [7, 11) is 2.03. The number of aromatic nitrogens is 2. The smallest absolute Gasteiger partial charge is 0.0659 e. The van der Waals surface area contributed by atoms with Crippen molar-refractivity contribution in [1.29, 1.82) is 0 Å². The molecule has 0 saturated heterocycles. The van der Waals surface area contributed by atoms with E-state index in [-0.39, 0.29) is 0 Å². The van der Waals surface area contributed by atoms with Crippen LogP contribution in [0, 0.1) is 5.41 Å². The van der Waals surface area contributed by atoms with Gasteiger partial charge in [0.05, 0.1) is 5.69 Å². The van der Waals surface area contributed by atoms with Crippen LogP contribution in [0.15, 0.2) is 6.20 Å². The Hall–Kier alpha value is -0.830. The summed E-state index contributed by atoms with van der Waals surface area (Å²) in [6.07, 6.45) is 8.69. The van der Waals surface area contributed by atoms with Crippen molar-refractivity contribution in [3.05, 3.63) is 17.5 Å². The Morgan fingerprint density at radius 3 is 3.00 bits per heavy atom. The molecule has 1 spiro atoms. The molecule has 0 bridgehead atoms. The van der Waals surface area contributed by atoms with Gasteiger partial charge in [-0.15, -0.1) is 0 Å². The fourth-order valence-electron chi connectivity index (χ4n) is 3.30. The zero-order valence-electron chi connectivity index (χ0n) is 9.37. The summed E-state index contributed by atoms with van der Waals surface area (Å²) >= 11 is 0. The van der Waals surface area contributed by atoms with E-state index in [9.17, 15) is 0 Å². The molecule has 1 atom stereocenters. The molecule has 0 aliphatic heterocycles. The Kier molecular flexibility index (Phi) is 1.93. The van der Waals surface area contributed by atoms with Gasteiger partial charge in [-0.05, 0) is 55.5 Å². The van der Waals surface area contributed by atoms with Gasteiger partial charge in [-0.25, -0.2) is 0 Å². The SMILES string of the molecule is Cn1cc2c(n1)CCC1(CC1)C2CCN. The maximum absolute atomic E-state index is 5.74. The second-order valence-corrected chi connectivity index (χ2v) is 5.20. The van der Waals surface area contributed by atoms with Crippen LogP contribution in [0.2, 0.25) is 0 Å². The van der Waals surface area contributed by atoms with E-state index >= 15 is 0 Å². The van der Waals surface area contributed by atoms with Crippen LogP contribution < -0.4 is 5.73 Å². The largest absolute Gasteiger partial charge is 0.330 e. The summed E-state index contributed by atoms with van der Waals surface area (Å²) in [5, 5.41) is 4.55. The van der Waals surface area contributed by atoms with Gasteiger partial charge in [0.1, 0.15) is 0 Å². The Bertz CT molecular complexity index is 376. The van der Waals surface area contributed by atoms with Gasteiger partial charge in [0.15, 0.2) is 0 Å². The predicted octanol–water partition coefficient (Wildman–Crippen LogP) is 1.58. The Morgan fingerprint density at radius 1 is 1.53 bits per heavy atom. The van der Waals surface area contributed by atoms with Crippen LogP contribution in [-0.2, 0) is 13.5 Å². The third-order valence-electron chi connectivity index (χ3n) is 4.26. The summed E-state index contributed by atoms with van der Waals surface area (Å²) in [4.78, 5) is 0.